The molecule has 3 rings (SSSR count). The second kappa shape index (κ2) is 4.00. The Balaban J connectivity index is 2.46. The summed E-state index contributed by atoms with van der Waals surface area (Å²) in [5, 5.41) is 19.5. The minimum Gasteiger partial charge on any atom is -0.343 e. The number of hydrogen-bond donors (Lipinski definition) is 0. The zero-order valence-corrected chi connectivity index (χ0v) is 10.9. The molecule has 0 aliphatic heterocycles. The highest BCUT2D eigenvalue weighted by atomic mass is 15.0. The van der Waals surface area contributed by atoms with Crippen molar-refractivity contribution in [3.8, 4) is 12.1 Å². The Labute approximate surface area is 112 Å². The molecule has 1 aromatic carbocycles. The lowest BCUT2D eigenvalue weighted by Gasteiger charge is -2.17. The number of nitriles is 2. The van der Waals surface area contributed by atoms with Gasteiger partial charge >= 0.3 is 0 Å². The van der Waals surface area contributed by atoms with Gasteiger partial charge in [0.05, 0.1) is 17.1 Å². The van der Waals surface area contributed by atoms with E-state index in [4.69, 9.17) is 5.26 Å². The van der Waals surface area contributed by atoms with E-state index in [0.29, 0.717) is 11.5 Å². The number of rotatable bonds is 0. The molecular formula is C16H13N3. The lowest BCUT2D eigenvalue weighted by molar-refractivity contribution is 0.749. The molecule has 3 heteroatoms. The number of para-hydroxylation sites is 1. The van der Waals surface area contributed by atoms with Crippen molar-refractivity contribution in [2.45, 2.75) is 19.3 Å². The third-order valence-electron chi connectivity index (χ3n) is 3.89. The van der Waals surface area contributed by atoms with Crippen LogP contribution in [0.1, 0.15) is 36.1 Å². The molecule has 0 saturated heterocycles. The molecule has 19 heavy (non-hydrogen) atoms. The number of aryl methyl sites for hydroxylation is 1. The molecule has 3 nitrogen and oxygen atoms in total. The molecule has 0 amide bonds. The van der Waals surface area contributed by atoms with Crippen molar-refractivity contribution < 1.29 is 0 Å². The summed E-state index contributed by atoms with van der Waals surface area (Å²) in [5.41, 5.74) is 4.79. The number of fused-ring (bicyclic) bond motifs is 3. The van der Waals surface area contributed by atoms with Gasteiger partial charge in [-0.15, -0.1) is 0 Å². The first kappa shape index (κ1) is 11.6. The highest BCUT2D eigenvalue weighted by Crippen LogP contribution is 2.40. The topological polar surface area (TPSA) is 52.5 Å². The molecule has 0 bridgehead atoms. The van der Waals surface area contributed by atoms with Gasteiger partial charge in [0.2, 0.25) is 0 Å². The van der Waals surface area contributed by atoms with Crippen LogP contribution in [0.5, 0.6) is 0 Å². The van der Waals surface area contributed by atoms with Crippen LogP contribution in [0, 0.1) is 22.7 Å². The third-order valence-corrected chi connectivity index (χ3v) is 3.89. The largest absolute Gasteiger partial charge is 0.343 e. The first-order valence-electron chi connectivity index (χ1n) is 6.29. The summed E-state index contributed by atoms with van der Waals surface area (Å²) in [5.74, 6) is 0.312. The van der Waals surface area contributed by atoms with Crippen LogP contribution in [0.15, 0.2) is 23.8 Å². The van der Waals surface area contributed by atoms with Crippen LogP contribution in [-0.2, 0) is 7.05 Å². The number of nitrogens with zero attached hydrogens (tertiary/aromatic N) is 3. The van der Waals surface area contributed by atoms with E-state index in [2.05, 4.69) is 25.1 Å². The van der Waals surface area contributed by atoms with E-state index < -0.39 is 0 Å². The zero-order valence-electron chi connectivity index (χ0n) is 10.9. The number of hydrogen-bond acceptors (Lipinski definition) is 2. The minimum atomic E-state index is 0.312. The number of aromatic nitrogens is 1. The van der Waals surface area contributed by atoms with Crippen LogP contribution in [0.4, 0.5) is 0 Å². The van der Waals surface area contributed by atoms with Gasteiger partial charge in [0, 0.05) is 23.7 Å². The highest BCUT2D eigenvalue weighted by molar-refractivity contribution is 5.93. The molecule has 92 valence electrons. The normalized spacial score (nSPS) is 17.5. The summed E-state index contributed by atoms with van der Waals surface area (Å²) in [6, 6.07) is 10.3. The van der Waals surface area contributed by atoms with Gasteiger partial charge in [-0.2, -0.15) is 10.5 Å². The van der Waals surface area contributed by atoms with Crippen molar-refractivity contribution in [2.24, 2.45) is 7.05 Å². The number of allylic oxidation sites excluding steroid dienone is 1. The summed E-state index contributed by atoms with van der Waals surface area (Å²) < 4.78 is 2.04. The lowest BCUT2D eigenvalue weighted by atomic mass is 9.86. The van der Waals surface area contributed by atoms with Gasteiger partial charge in [0.1, 0.15) is 6.07 Å². The van der Waals surface area contributed by atoms with Gasteiger partial charge < -0.3 is 4.57 Å². The van der Waals surface area contributed by atoms with Crippen LogP contribution < -0.4 is 0 Å². The predicted molar refractivity (Wildman–Crippen MR) is 74.3 cm³/mol. The SMILES string of the molecule is CC1CC(C#N)=Cc2c1c1cccc(C#N)c1n2C. The smallest absolute Gasteiger partial charge is 0.101 e. The number of benzene rings is 1. The fourth-order valence-corrected chi connectivity index (χ4v) is 3.08. The molecule has 1 aliphatic carbocycles. The van der Waals surface area contributed by atoms with Crippen LogP contribution in [0.2, 0.25) is 0 Å². The maximum atomic E-state index is 9.25. The second-order valence-electron chi connectivity index (χ2n) is 5.06. The molecule has 1 atom stereocenters. The standard InChI is InChI=1S/C16H13N3/c1-10-6-11(8-17)7-14-15(10)13-5-3-4-12(9-18)16(13)19(14)2/h3-5,7,10H,6H2,1-2H3. The van der Waals surface area contributed by atoms with Crippen molar-refractivity contribution in [3.05, 3.63) is 40.6 Å². The van der Waals surface area contributed by atoms with Gasteiger partial charge in [-0.25, -0.2) is 0 Å². The molecule has 0 spiro atoms. The molecule has 0 fully saturated rings. The second-order valence-corrected chi connectivity index (χ2v) is 5.06. The van der Waals surface area contributed by atoms with E-state index in [1.54, 1.807) is 0 Å². The van der Waals surface area contributed by atoms with Gasteiger partial charge in [-0.05, 0) is 30.0 Å². The quantitative estimate of drug-likeness (QED) is 0.715. The van der Waals surface area contributed by atoms with E-state index in [-0.39, 0.29) is 0 Å². The Kier molecular flexibility index (Phi) is 2.44. The van der Waals surface area contributed by atoms with E-state index >= 15 is 0 Å². The Morgan fingerprint density at radius 2 is 2.05 bits per heavy atom. The van der Waals surface area contributed by atoms with Gasteiger partial charge in [0.15, 0.2) is 0 Å². The molecule has 0 N–H and O–H groups in total. The molecule has 1 aromatic heterocycles. The van der Waals surface area contributed by atoms with Crippen molar-refractivity contribution in [3.63, 3.8) is 0 Å². The van der Waals surface area contributed by atoms with Crippen LogP contribution in [-0.4, -0.2) is 4.57 Å². The van der Waals surface area contributed by atoms with Gasteiger partial charge in [-0.1, -0.05) is 19.1 Å². The van der Waals surface area contributed by atoms with Crippen molar-refractivity contribution in [1.29, 1.82) is 10.5 Å². The lowest BCUT2D eigenvalue weighted by Crippen LogP contribution is -2.04. The Morgan fingerprint density at radius 1 is 1.26 bits per heavy atom. The molecule has 2 aromatic rings. The third kappa shape index (κ3) is 1.49. The molecular weight excluding hydrogens is 234 g/mol. The molecule has 1 aliphatic rings. The molecule has 0 radical (unpaired) electrons. The van der Waals surface area contributed by atoms with Crippen molar-refractivity contribution in [2.75, 3.05) is 0 Å². The molecule has 1 unspecified atom stereocenters. The Bertz CT molecular complexity index is 794. The summed E-state index contributed by atoms with van der Waals surface area (Å²) in [7, 11) is 1.96. The summed E-state index contributed by atoms with van der Waals surface area (Å²) in [6.45, 7) is 2.14. The van der Waals surface area contributed by atoms with Crippen molar-refractivity contribution in [1.82, 2.24) is 4.57 Å². The highest BCUT2D eigenvalue weighted by Gasteiger charge is 2.25. The van der Waals surface area contributed by atoms with Gasteiger partial charge in [-0.3, -0.25) is 0 Å². The van der Waals surface area contributed by atoms with E-state index in [9.17, 15) is 5.26 Å². The first-order chi connectivity index (χ1) is 9.17. The van der Waals surface area contributed by atoms with Crippen molar-refractivity contribution >= 4 is 17.0 Å². The van der Waals surface area contributed by atoms with Crippen LogP contribution in [0.25, 0.3) is 17.0 Å². The van der Waals surface area contributed by atoms with E-state index in [1.807, 2.05) is 29.8 Å². The zero-order chi connectivity index (χ0) is 13.6. The maximum absolute atomic E-state index is 9.25. The monoisotopic (exact) mass is 247 g/mol. The average molecular weight is 247 g/mol. The summed E-state index contributed by atoms with van der Waals surface area (Å²) in [6.07, 6.45) is 2.73. The van der Waals surface area contributed by atoms with E-state index in [0.717, 1.165) is 28.6 Å². The summed E-state index contributed by atoms with van der Waals surface area (Å²) in [4.78, 5) is 0. The Hall–Kier alpha value is -2.52. The Morgan fingerprint density at radius 3 is 2.74 bits per heavy atom. The first-order valence-corrected chi connectivity index (χ1v) is 6.29. The van der Waals surface area contributed by atoms with Crippen LogP contribution in [0.3, 0.4) is 0 Å². The molecule has 0 saturated carbocycles. The summed E-state index contributed by atoms with van der Waals surface area (Å²) >= 11 is 0. The van der Waals surface area contributed by atoms with Gasteiger partial charge in [0.25, 0.3) is 0 Å². The predicted octanol–water partition coefficient (Wildman–Crippen LogP) is 3.46. The maximum Gasteiger partial charge on any atom is 0.101 e. The minimum absolute atomic E-state index is 0.312. The average Bonchev–Trinajstić information content (AvgIpc) is 2.72. The fourth-order valence-electron chi connectivity index (χ4n) is 3.08. The molecule has 1 heterocycles. The van der Waals surface area contributed by atoms with E-state index in [1.165, 1.54) is 5.56 Å². The fraction of sp³-hybridized carbons (Fsp3) is 0.250. The van der Waals surface area contributed by atoms with Crippen LogP contribution >= 0.6 is 0 Å².